The Morgan fingerprint density at radius 2 is 1.79 bits per heavy atom. The molecule has 0 spiro atoms. The molecule has 0 aliphatic rings. The Kier molecular flexibility index (Phi) is 11.1. The molecule has 0 unspecified atom stereocenters. The number of oxazole rings is 1. The lowest BCUT2D eigenvalue weighted by Gasteiger charge is -1.94. The molecule has 0 atom stereocenters. The van der Waals surface area contributed by atoms with Crippen molar-refractivity contribution < 1.29 is 4.42 Å². The van der Waals surface area contributed by atoms with Crippen molar-refractivity contribution in [2.75, 3.05) is 0 Å². The molecule has 0 fully saturated rings. The first-order valence-electron chi connectivity index (χ1n) is 5.04. The maximum atomic E-state index is 5.23. The monoisotopic (exact) mass is 197 g/mol. The summed E-state index contributed by atoms with van der Waals surface area (Å²) in [6.45, 7) is 16.3. The van der Waals surface area contributed by atoms with Gasteiger partial charge in [-0.05, 0) is 0 Å². The van der Waals surface area contributed by atoms with Gasteiger partial charge in [0.2, 0.25) is 0 Å². The molecule has 2 heteroatoms. The van der Waals surface area contributed by atoms with E-state index in [0.29, 0.717) is 5.92 Å². The molecule has 0 aliphatic heterocycles. The topological polar surface area (TPSA) is 26.0 Å². The normalized spacial score (nSPS) is 8.43. The summed E-state index contributed by atoms with van der Waals surface area (Å²) in [6.07, 6.45) is 3.03. The van der Waals surface area contributed by atoms with E-state index in [4.69, 9.17) is 4.42 Å². The number of aryl methyl sites for hydroxylation is 1. The summed E-state index contributed by atoms with van der Waals surface area (Å²) >= 11 is 0. The first kappa shape index (κ1) is 15.4. The SMILES string of the molecule is C=C.CCC.Cc1ncc(C(C)C)o1. The van der Waals surface area contributed by atoms with Gasteiger partial charge in [0, 0.05) is 12.8 Å². The summed E-state index contributed by atoms with van der Waals surface area (Å²) in [4.78, 5) is 3.97. The quantitative estimate of drug-likeness (QED) is 0.626. The first-order chi connectivity index (χ1) is 6.61. The van der Waals surface area contributed by atoms with Crippen LogP contribution in [0.1, 0.15) is 51.7 Å². The van der Waals surface area contributed by atoms with E-state index in [-0.39, 0.29) is 0 Å². The van der Waals surface area contributed by atoms with Crippen LogP contribution in [-0.4, -0.2) is 4.98 Å². The van der Waals surface area contributed by atoms with Crippen LogP contribution in [0, 0.1) is 6.92 Å². The second kappa shape index (κ2) is 10.0. The van der Waals surface area contributed by atoms with Crippen molar-refractivity contribution in [2.45, 2.75) is 47.0 Å². The summed E-state index contributed by atoms with van der Waals surface area (Å²) < 4.78 is 5.23. The van der Waals surface area contributed by atoms with Crippen molar-refractivity contribution in [1.82, 2.24) is 4.98 Å². The number of rotatable bonds is 1. The Morgan fingerprint density at radius 1 is 1.36 bits per heavy atom. The van der Waals surface area contributed by atoms with Crippen molar-refractivity contribution in [3.63, 3.8) is 0 Å². The molecule has 0 saturated carbocycles. The van der Waals surface area contributed by atoms with Crippen molar-refractivity contribution in [3.8, 4) is 0 Å². The predicted octanol–water partition coefficient (Wildman–Crippen LogP) is 4.32. The van der Waals surface area contributed by atoms with Crippen molar-refractivity contribution >= 4 is 0 Å². The molecule has 0 amide bonds. The fourth-order valence-corrected chi connectivity index (χ4v) is 0.645. The average Bonchev–Trinajstić information content (AvgIpc) is 2.57. The van der Waals surface area contributed by atoms with Crippen LogP contribution in [0.3, 0.4) is 0 Å². The second-order valence-electron chi connectivity index (χ2n) is 3.14. The molecule has 0 radical (unpaired) electrons. The van der Waals surface area contributed by atoms with Gasteiger partial charge in [0.25, 0.3) is 0 Å². The third kappa shape index (κ3) is 7.59. The van der Waals surface area contributed by atoms with Crippen LogP contribution in [0.5, 0.6) is 0 Å². The lowest BCUT2D eigenvalue weighted by atomic mass is 10.2. The van der Waals surface area contributed by atoms with Gasteiger partial charge in [-0.3, -0.25) is 0 Å². The van der Waals surface area contributed by atoms with Crippen LogP contribution in [-0.2, 0) is 0 Å². The number of hydrogen-bond acceptors (Lipinski definition) is 2. The second-order valence-corrected chi connectivity index (χ2v) is 3.14. The average molecular weight is 197 g/mol. The molecule has 1 aromatic heterocycles. The molecule has 0 N–H and O–H groups in total. The molecular formula is C12H23NO. The highest BCUT2D eigenvalue weighted by atomic mass is 16.4. The molecule has 2 nitrogen and oxygen atoms in total. The summed E-state index contributed by atoms with van der Waals surface area (Å²) in [5.41, 5.74) is 0. The zero-order valence-corrected chi connectivity index (χ0v) is 10.1. The predicted molar refractivity (Wildman–Crippen MR) is 62.5 cm³/mol. The Balaban J connectivity index is 0. The van der Waals surface area contributed by atoms with Crippen LogP contribution >= 0.6 is 0 Å². The molecule has 1 rings (SSSR count). The minimum atomic E-state index is 0.450. The largest absolute Gasteiger partial charge is 0.446 e. The van der Waals surface area contributed by atoms with E-state index in [1.54, 1.807) is 6.20 Å². The van der Waals surface area contributed by atoms with Crippen LogP contribution in [0.25, 0.3) is 0 Å². The Morgan fingerprint density at radius 3 is 1.93 bits per heavy atom. The highest BCUT2D eigenvalue weighted by Gasteiger charge is 2.02. The molecule has 14 heavy (non-hydrogen) atoms. The van der Waals surface area contributed by atoms with Gasteiger partial charge >= 0.3 is 0 Å². The van der Waals surface area contributed by atoms with Crippen LogP contribution in [0.4, 0.5) is 0 Å². The molecular weight excluding hydrogens is 174 g/mol. The molecule has 0 saturated heterocycles. The smallest absolute Gasteiger partial charge is 0.191 e. The number of nitrogens with zero attached hydrogens (tertiary/aromatic N) is 1. The van der Waals surface area contributed by atoms with E-state index in [9.17, 15) is 0 Å². The first-order valence-corrected chi connectivity index (χ1v) is 5.04. The van der Waals surface area contributed by atoms with Gasteiger partial charge in [-0.2, -0.15) is 0 Å². The zero-order valence-electron chi connectivity index (χ0n) is 10.1. The van der Waals surface area contributed by atoms with E-state index in [1.807, 2.05) is 6.92 Å². The highest BCUT2D eigenvalue weighted by molar-refractivity contribution is 4.97. The Bertz CT molecular complexity index is 216. The van der Waals surface area contributed by atoms with E-state index >= 15 is 0 Å². The number of hydrogen-bond donors (Lipinski definition) is 0. The molecule has 0 bridgehead atoms. The Hall–Kier alpha value is -1.05. The lowest BCUT2D eigenvalue weighted by molar-refractivity contribution is 0.456. The van der Waals surface area contributed by atoms with Gasteiger partial charge < -0.3 is 4.42 Å². The van der Waals surface area contributed by atoms with E-state index in [2.05, 4.69) is 45.8 Å². The summed E-state index contributed by atoms with van der Waals surface area (Å²) in [6, 6.07) is 0. The van der Waals surface area contributed by atoms with Crippen LogP contribution in [0.15, 0.2) is 23.8 Å². The van der Waals surface area contributed by atoms with Gasteiger partial charge in [0.05, 0.1) is 6.20 Å². The third-order valence-electron chi connectivity index (χ3n) is 1.21. The van der Waals surface area contributed by atoms with Crippen LogP contribution in [0.2, 0.25) is 0 Å². The third-order valence-corrected chi connectivity index (χ3v) is 1.21. The lowest BCUT2D eigenvalue weighted by Crippen LogP contribution is -1.80. The van der Waals surface area contributed by atoms with Crippen molar-refractivity contribution in [2.24, 2.45) is 0 Å². The standard InChI is InChI=1S/C7H11NO.C3H8.C2H4/c1-5(2)7-4-8-6(3)9-7;1-3-2;1-2/h4-5H,1-3H3;3H2,1-2H3;1-2H2. The maximum Gasteiger partial charge on any atom is 0.191 e. The fourth-order valence-electron chi connectivity index (χ4n) is 0.645. The van der Waals surface area contributed by atoms with E-state index < -0.39 is 0 Å². The molecule has 1 aromatic rings. The van der Waals surface area contributed by atoms with Gasteiger partial charge in [-0.25, -0.2) is 4.98 Å². The van der Waals surface area contributed by atoms with Crippen LogP contribution < -0.4 is 0 Å². The van der Waals surface area contributed by atoms with Gasteiger partial charge in [-0.1, -0.05) is 34.1 Å². The number of aromatic nitrogens is 1. The fraction of sp³-hybridized carbons (Fsp3) is 0.583. The van der Waals surface area contributed by atoms with E-state index in [0.717, 1.165) is 11.7 Å². The summed E-state index contributed by atoms with van der Waals surface area (Å²) in [5, 5.41) is 0. The van der Waals surface area contributed by atoms with Gasteiger partial charge in [0.1, 0.15) is 5.76 Å². The zero-order chi connectivity index (χ0) is 11.6. The molecule has 0 aliphatic carbocycles. The van der Waals surface area contributed by atoms with Gasteiger partial charge in [0.15, 0.2) is 5.89 Å². The van der Waals surface area contributed by atoms with Crippen molar-refractivity contribution in [3.05, 3.63) is 31.0 Å². The maximum absolute atomic E-state index is 5.23. The molecule has 1 heterocycles. The summed E-state index contributed by atoms with van der Waals surface area (Å²) in [5.74, 6) is 2.16. The molecule has 82 valence electrons. The van der Waals surface area contributed by atoms with Crippen molar-refractivity contribution in [1.29, 1.82) is 0 Å². The minimum Gasteiger partial charge on any atom is -0.446 e. The summed E-state index contributed by atoms with van der Waals surface area (Å²) in [7, 11) is 0. The molecule has 0 aromatic carbocycles. The Labute approximate surface area is 88.1 Å². The minimum absolute atomic E-state index is 0.450. The van der Waals surface area contributed by atoms with E-state index in [1.165, 1.54) is 6.42 Å². The highest BCUT2D eigenvalue weighted by Crippen LogP contribution is 2.13. The van der Waals surface area contributed by atoms with Gasteiger partial charge in [-0.15, -0.1) is 13.2 Å².